The van der Waals surface area contributed by atoms with Crippen LogP contribution in [0.4, 0.5) is 0 Å². The zero-order chi connectivity index (χ0) is 11.4. The van der Waals surface area contributed by atoms with Crippen LogP contribution in [0.15, 0.2) is 49.0 Å². The Bertz CT molecular complexity index is 194. The van der Waals surface area contributed by atoms with Crippen molar-refractivity contribution >= 4 is 0 Å². The molecule has 0 atom stereocenters. The van der Waals surface area contributed by atoms with E-state index in [4.69, 9.17) is 0 Å². The Morgan fingerprint density at radius 1 is 0.933 bits per heavy atom. The maximum absolute atomic E-state index is 4.57. The molecule has 0 aliphatic carbocycles. The van der Waals surface area contributed by atoms with Crippen molar-refractivity contribution in [2.75, 3.05) is 14.2 Å². The van der Waals surface area contributed by atoms with Crippen LogP contribution in [0.5, 0.6) is 0 Å². The first-order chi connectivity index (χ1) is 6.54. The second-order valence-corrected chi connectivity index (χ2v) is 2.39. The van der Waals surface area contributed by atoms with Gasteiger partial charge in [0.2, 0.25) is 0 Å². The molecule has 0 saturated heterocycles. The summed E-state index contributed by atoms with van der Waals surface area (Å²) in [5.41, 5.74) is 1.50. The van der Waals surface area contributed by atoms with Crippen LogP contribution in [0, 0.1) is 13.8 Å². The van der Waals surface area contributed by atoms with Gasteiger partial charge >= 0.3 is 0 Å². The smallest absolute Gasteiger partial charge is 0.0750 e. The Balaban J connectivity index is -0.000000180. The first kappa shape index (κ1) is 19.9. The van der Waals surface area contributed by atoms with E-state index in [1.54, 1.807) is 26.4 Å². The molecule has 83 valence electrons. The van der Waals surface area contributed by atoms with Crippen LogP contribution in [-0.2, 0) is 42.2 Å². The minimum atomic E-state index is 0. The molecule has 2 nitrogen and oxygen atoms in total. The second kappa shape index (κ2) is 15.9. The minimum absolute atomic E-state index is 0. The normalized spacial score (nSPS) is 8.67. The second-order valence-electron chi connectivity index (χ2n) is 2.39. The zero-order valence-electron chi connectivity index (χ0n) is 9.53. The number of rotatable bonds is 4. The minimum Gasteiger partial charge on any atom is -0.517 e. The summed E-state index contributed by atoms with van der Waals surface area (Å²) >= 11 is 0. The molecule has 0 unspecified atom stereocenters. The van der Waals surface area contributed by atoms with Crippen LogP contribution in [0.25, 0.3) is 0 Å². The van der Waals surface area contributed by atoms with Crippen molar-refractivity contribution in [2.45, 2.75) is 0 Å². The molecule has 0 saturated carbocycles. The van der Waals surface area contributed by atoms with E-state index in [2.05, 4.69) is 36.5 Å². The summed E-state index contributed by atoms with van der Waals surface area (Å²) in [6.07, 6.45) is 6.46. The Morgan fingerprint density at radius 2 is 1.20 bits per heavy atom. The predicted octanol–water partition coefficient (Wildman–Crippen LogP) is 3.07. The van der Waals surface area contributed by atoms with Crippen LogP contribution in [0.2, 0.25) is 0 Å². The van der Waals surface area contributed by atoms with E-state index >= 15 is 0 Å². The third-order valence-electron chi connectivity index (χ3n) is 0.880. The largest absolute Gasteiger partial charge is 0.517 e. The summed E-state index contributed by atoms with van der Waals surface area (Å²) < 4.78 is 9.14. The molecule has 0 bridgehead atoms. The summed E-state index contributed by atoms with van der Waals surface area (Å²) in [7, 11) is 3.17. The molecular weight excluding hydrogens is 265 g/mol. The number of ether oxygens (including phenoxy) is 2. The monoisotopic (exact) mass is 283 g/mol. The molecule has 0 aliphatic heterocycles. The standard InChI is InChI=1S/2C6H9O.Y/c2*1-6(2)4-5-7-3;/h2*4-5H,1-2H2,3H3;/q2*-1;/b2*5-4+;. The number of hydrogen-bond donors (Lipinski definition) is 0. The maximum Gasteiger partial charge on any atom is 0.0750 e. The van der Waals surface area contributed by atoms with Crippen molar-refractivity contribution in [3.8, 4) is 0 Å². The molecule has 0 rings (SSSR count). The van der Waals surface area contributed by atoms with Crippen molar-refractivity contribution in [3.63, 3.8) is 0 Å². The molecular formula is C12H18O2Y-2. The number of allylic oxidation sites excluding steroid dienone is 4. The van der Waals surface area contributed by atoms with Gasteiger partial charge in [0.15, 0.2) is 0 Å². The molecule has 1 radical (unpaired) electrons. The Morgan fingerprint density at radius 3 is 1.27 bits per heavy atom. The first-order valence-electron chi connectivity index (χ1n) is 3.95. The molecule has 15 heavy (non-hydrogen) atoms. The number of hydrogen-bond acceptors (Lipinski definition) is 2. The van der Waals surface area contributed by atoms with Crippen LogP contribution in [0.1, 0.15) is 0 Å². The molecule has 0 aromatic rings. The fourth-order valence-corrected chi connectivity index (χ4v) is 0.329. The molecule has 0 aromatic carbocycles. The molecule has 0 amide bonds. The predicted molar refractivity (Wildman–Crippen MR) is 61.3 cm³/mol. The van der Waals surface area contributed by atoms with Gasteiger partial charge in [-0.3, -0.25) is 0 Å². The molecule has 0 N–H and O–H groups in total. The fourth-order valence-electron chi connectivity index (χ4n) is 0.329. The quantitative estimate of drug-likeness (QED) is 0.448. The molecule has 0 heterocycles. The van der Waals surface area contributed by atoms with E-state index in [0.29, 0.717) is 0 Å². The van der Waals surface area contributed by atoms with Crippen molar-refractivity contribution in [3.05, 3.63) is 62.8 Å². The van der Waals surface area contributed by atoms with E-state index in [1.807, 2.05) is 0 Å². The van der Waals surface area contributed by atoms with Crippen LogP contribution < -0.4 is 0 Å². The van der Waals surface area contributed by atoms with Gasteiger partial charge in [-0.15, -0.1) is 12.2 Å². The van der Waals surface area contributed by atoms with Crippen molar-refractivity contribution in [1.82, 2.24) is 0 Å². The van der Waals surface area contributed by atoms with Gasteiger partial charge in [-0.1, -0.05) is 0 Å². The molecule has 0 aromatic heterocycles. The average molecular weight is 283 g/mol. The molecule has 3 heteroatoms. The van der Waals surface area contributed by atoms with Gasteiger partial charge in [0.05, 0.1) is 14.2 Å². The summed E-state index contributed by atoms with van der Waals surface area (Å²) in [6, 6.07) is 0. The van der Waals surface area contributed by atoms with Crippen LogP contribution >= 0.6 is 0 Å². The summed E-state index contributed by atoms with van der Waals surface area (Å²) in [6.45, 7) is 14.1. The fraction of sp³-hybridized carbons (Fsp3) is 0.167. The summed E-state index contributed by atoms with van der Waals surface area (Å²) in [5, 5.41) is 0. The van der Waals surface area contributed by atoms with Crippen molar-refractivity contribution in [2.24, 2.45) is 0 Å². The van der Waals surface area contributed by atoms with Gasteiger partial charge in [-0.2, -0.15) is 38.2 Å². The zero-order valence-corrected chi connectivity index (χ0v) is 12.4. The summed E-state index contributed by atoms with van der Waals surface area (Å²) in [5.74, 6) is 0. The summed E-state index contributed by atoms with van der Waals surface area (Å²) in [4.78, 5) is 0. The van der Waals surface area contributed by atoms with Gasteiger partial charge in [0, 0.05) is 45.2 Å². The van der Waals surface area contributed by atoms with Crippen LogP contribution in [-0.4, -0.2) is 14.2 Å². The maximum atomic E-state index is 4.57. The molecule has 0 spiro atoms. The topological polar surface area (TPSA) is 18.5 Å². The van der Waals surface area contributed by atoms with E-state index < -0.39 is 0 Å². The van der Waals surface area contributed by atoms with E-state index in [1.165, 1.54) is 12.5 Å². The van der Waals surface area contributed by atoms with Gasteiger partial charge in [0.1, 0.15) is 0 Å². The first-order valence-corrected chi connectivity index (χ1v) is 3.95. The molecule has 0 fully saturated rings. The van der Waals surface area contributed by atoms with E-state index in [0.717, 1.165) is 11.1 Å². The van der Waals surface area contributed by atoms with Crippen molar-refractivity contribution in [1.29, 1.82) is 0 Å². The third kappa shape index (κ3) is 31.8. The van der Waals surface area contributed by atoms with Gasteiger partial charge in [0.25, 0.3) is 0 Å². The Labute approximate surface area is 119 Å². The molecule has 0 aliphatic rings. The van der Waals surface area contributed by atoms with Crippen LogP contribution in [0.3, 0.4) is 0 Å². The van der Waals surface area contributed by atoms with E-state index in [9.17, 15) is 0 Å². The Hall–Kier alpha value is -0.596. The Kier molecular flexibility index (Phi) is 21.0. The SMILES string of the molecule is C=C([CH2-])/C=C/OC.C=C([CH2-])/C=C/OC.[Y]. The van der Waals surface area contributed by atoms with E-state index in [-0.39, 0.29) is 32.7 Å². The number of methoxy groups -OCH3 is 2. The van der Waals surface area contributed by atoms with Gasteiger partial charge < -0.3 is 9.47 Å². The van der Waals surface area contributed by atoms with Crippen molar-refractivity contribution < 1.29 is 42.2 Å². The van der Waals surface area contributed by atoms with Gasteiger partial charge in [-0.05, 0) is 0 Å². The third-order valence-corrected chi connectivity index (χ3v) is 0.880. The van der Waals surface area contributed by atoms with Gasteiger partial charge in [-0.25, -0.2) is 0 Å². The average Bonchev–Trinajstić information content (AvgIpc) is 2.12.